The van der Waals surface area contributed by atoms with Crippen LogP contribution in [0.4, 0.5) is 22.0 Å². The van der Waals surface area contributed by atoms with Crippen molar-refractivity contribution in [3.8, 4) is 0 Å². The Balaban J connectivity index is 1.36. The molecule has 3 aromatic heterocycles. The van der Waals surface area contributed by atoms with E-state index >= 15 is 0 Å². The van der Waals surface area contributed by atoms with Crippen molar-refractivity contribution in [2.75, 3.05) is 19.8 Å². The highest BCUT2D eigenvalue weighted by atomic mass is 19.4. The Morgan fingerprint density at radius 1 is 1.15 bits per heavy atom. The van der Waals surface area contributed by atoms with E-state index in [9.17, 15) is 31.5 Å². The standard InChI is InChI=1S/C31H39F5N8O3/c1-17(2)44-24(5-10-38-44)28(46)40-26(18-3-8-30(32,33)9-4-18)23-16-43-29(39-23)41-25(19-6-11-47-12-7-19)22(42-43)14-20-13-21(31(34,35)36)15-37-27(20)45/h5,10,16-21,26H,3-4,6-9,11-15H2,1-2H3,(H,37,45)(H,40,46)/t20-,21-,26+/m1/s1. The van der Waals surface area contributed by atoms with Crippen molar-refractivity contribution in [2.45, 2.75) is 95.3 Å². The van der Waals surface area contributed by atoms with Crippen LogP contribution in [-0.4, -0.2) is 73.0 Å². The quantitative estimate of drug-likeness (QED) is 0.326. The van der Waals surface area contributed by atoms with Crippen molar-refractivity contribution in [1.82, 2.24) is 40.0 Å². The van der Waals surface area contributed by atoms with Crippen molar-refractivity contribution in [3.05, 3.63) is 41.2 Å². The van der Waals surface area contributed by atoms with E-state index in [1.165, 1.54) is 10.7 Å². The molecule has 0 unspecified atom stereocenters. The van der Waals surface area contributed by atoms with Crippen LogP contribution in [0.3, 0.4) is 0 Å². The molecule has 3 aliphatic rings. The molecule has 1 saturated carbocycles. The van der Waals surface area contributed by atoms with Crippen molar-refractivity contribution in [3.63, 3.8) is 0 Å². The number of fused-ring (bicyclic) bond motifs is 1. The molecule has 0 aromatic carbocycles. The number of carbonyl (C=O) groups is 2. The molecule has 16 heteroatoms. The van der Waals surface area contributed by atoms with E-state index in [-0.39, 0.29) is 62.2 Å². The monoisotopic (exact) mass is 666 g/mol. The highest BCUT2D eigenvalue weighted by molar-refractivity contribution is 5.92. The second-order valence-corrected chi connectivity index (χ2v) is 13.3. The van der Waals surface area contributed by atoms with Crippen LogP contribution in [0.15, 0.2) is 18.5 Å². The van der Waals surface area contributed by atoms with Crippen LogP contribution >= 0.6 is 0 Å². The summed E-state index contributed by atoms with van der Waals surface area (Å²) in [7, 11) is 0. The highest BCUT2D eigenvalue weighted by Crippen LogP contribution is 2.42. The lowest BCUT2D eigenvalue weighted by Gasteiger charge is -2.33. The number of hydrogen-bond acceptors (Lipinski definition) is 7. The summed E-state index contributed by atoms with van der Waals surface area (Å²) in [4.78, 5) is 35.8. The van der Waals surface area contributed by atoms with Crippen LogP contribution < -0.4 is 10.6 Å². The normalized spacial score (nSPS) is 23.6. The lowest BCUT2D eigenvalue weighted by Crippen LogP contribution is -2.47. The molecule has 3 fully saturated rings. The van der Waals surface area contributed by atoms with Gasteiger partial charge in [0.1, 0.15) is 5.69 Å². The summed E-state index contributed by atoms with van der Waals surface area (Å²) < 4.78 is 77.6. The number of imidazole rings is 1. The minimum Gasteiger partial charge on any atom is -0.381 e. The van der Waals surface area contributed by atoms with Crippen molar-refractivity contribution < 1.29 is 36.3 Å². The third-order valence-corrected chi connectivity index (χ3v) is 9.64. The van der Waals surface area contributed by atoms with E-state index in [0.717, 1.165) is 0 Å². The lowest BCUT2D eigenvalue weighted by molar-refractivity contribution is -0.183. The Hall–Kier alpha value is -3.69. The zero-order chi connectivity index (χ0) is 33.5. The Morgan fingerprint density at radius 3 is 2.55 bits per heavy atom. The smallest absolute Gasteiger partial charge is 0.381 e. The number of carbonyl (C=O) groups excluding carboxylic acids is 2. The second kappa shape index (κ2) is 13.1. The Bertz CT molecular complexity index is 1590. The molecule has 3 aromatic rings. The molecule has 2 N–H and O–H groups in total. The fourth-order valence-electron chi connectivity index (χ4n) is 6.99. The fourth-order valence-corrected chi connectivity index (χ4v) is 6.99. The lowest BCUT2D eigenvalue weighted by atomic mass is 9.81. The van der Waals surface area contributed by atoms with Crippen LogP contribution in [0.2, 0.25) is 0 Å². The van der Waals surface area contributed by atoms with Crippen LogP contribution in [-0.2, 0) is 16.0 Å². The molecule has 2 aliphatic heterocycles. The molecule has 1 aliphatic carbocycles. The van der Waals surface area contributed by atoms with E-state index in [1.54, 1.807) is 16.9 Å². The van der Waals surface area contributed by atoms with Crippen LogP contribution in [0.5, 0.6) is 0 Å². The van der Waals surface area contributed by atoms with E-state index in [2.05, 4.69) is 15.7 Å². The third-order valence-electron chi connectivity index (χ3n) is 9.64. The number of piperidine rings is 1. The zero-order valence-corrected chi connectivity index (χ0v) is 26.3. The van der Waals surface area contributed by atoms with Crippen molar-refractivity contribution >= 4 is 17.6 Å². The summed E-state index contributed by atoms with van der Waals surface area (Å²) in [6.07, 6.45) is -0.835. The van der Waals surface area contributed by atoms with Gasteiger partial charge in [0, 0.05) is 63.1 Å². The Kier molecular flexibility index (Phi) is 9.24. The van der Waals surface area contributed by atoms with Gasteiger partial charge in [0.05, 0.1) is 35.2 Å². The molecular weight excluding hydrogens is 627 g/mol. The molecule has 0 radical (unpaired) electrons. The first-order chi connectivity index (χ1) is 22.3. The third kappa shape index (κ3) is 7.26. The number of hydrogen-bond donors (Lipinski definition) is 2. The molecular formula is C31H39F5N8O3. The number of halogens is 5. The van der Waals surface area contributed by atoms with E-state index in [4.69, 9.17) is 19.8 Å². The maximum Gasteiger partial charge on any atom is 0.393 e. The highest BCUT2D eigenvalue weighted by Gasteiger charge is 2.45. The van der Waals surface area contributed by atoms with Crippen LogP contribution in [0, 0.1) is 17.8 Å². The van der Waals surface area contributed by atoms with Gasteiger partial charge in [-0.2, -0.15) is 23.4 Å². The zero-order valence-electron chi connectivity index (χ0n) is 26.3. The molecule has 2 amide bonds. The maximum absolute atomic E-state index is 14.2. The summed E-state index contributed by atoms with van der Waals surface area (Å²) in [5.41, 5.74) is 1.65. The predicted octanol–water partition coefficient (Wildman–Crippen LogP) is 4.95. The number of nitrogens with one attached hydrogen (secondary N) is 2. The minimum atomic E-state index is -4.44. The van der Waals surface area contributed by atoms with Gasteiger partial charge in [0.25, 0.3) is 11.7 Å². The van der Waals surface area contributed by atoms with Gasteiger partial charge in [0.15, 0.2) is 0 Å². The summed E-state index contributed by atoms with van der Waals surface area (Å²) in [5, 5.41) is 14.4. The number of aromatic nitrogens is 6. The van der Waals surface area contributed by atoms with Gasteiger partial charge >= 0.3 is 6.18 Å². The Morgan fingerprint density at radius 2 is 1.87 bits per heavy atom. The number of ether oxygens (including phenoxy) is 1. The molecule has 5 heterocycles. The molecule has 6 rings (SSSR count). The topological polar surface area (TPSA) is 128 Å². The van der Waals surface area contributed by atoms with Gasteiger partial charge in [-0.25, -0.2) is 23.3 Å². The SMILES string of the molecule is CC(C)n1nccc1C(=O)N[C@H](c1cn2nc(C[C@H]3C[C@@H](C(F)(F)F)CNC3=O)c(C3CCOCC3)nc2n1)C1CCC(F)(F)CC1. The van der Waals surface area contributed by atoms with Crippen LogP contribution in [0.25, 0.3) is 5.78 Å². The van der Waals surface area contributed by atoms with Gasteiger partial charge in [-0.15, -0.1) is 0 Å². The van der Waals surface area contributed by atoms with Crippen molar-refractivity contribution in [1.29, 1.82) is 0 Å². The molecule has 0 bridgehead atoms. The first-order valence-corrected chi connectivity index (χ1v) is 16.2. The first kappa shape index (κ1) is 33.2. The predicted molar refractivity (Wildman–Crippen MR) is 158 cm³/mol. The summed E-state index contributed by atoms with van der Waals surface area (Å²) in [6.45, 7) is 4.27. The molecule has 256 valence electrons. The van der Waals surface area contributed by atoms with Gasteiger partial charge in [-0.05, 0) is 57.9 Å². The molecule has 11 nitrogen and oxygen atoms in total. The number of amides is 2. The average Bonchev–Trinajstić information content (AvgIpc) is 3.68. The van der Waals surface area contributed by atoms with Gasteiger partial charge < -0.3 is 15.4 Å². The molecule has 3 atom stereocenters. The minimum absolute atomic E-state index is 0.0430. The second-order valence-electron chi connectivity index (χ2n) is 13.3. The average molecular weight is 667 g/mol. The van der Waals surface area contributed by atoms with E-state index in [0.29, 0.717) is 48.8 Å². The molecule has 0 spiro atoms. The molecule has 47 heavy (non-hydrogen) atoms. The summed E-state index contributed by atoms with van der Waals surface area (Å²) >= 11 is 0. The first-order valence-electron chi connectivity index (χ1n) is 16.2. The van der Waals surface area contributed by atoms with Crippen molar-refractivity contribution in [2.24, 2.45) is 17.8 Å². The summed E-state index contributed by atoms with van der Waals surface area (Å²) in [6, 6.07) is 0.746. The largest absolute Gasteiger partial charge is 0.393 e. The molecule has 2 saturated heterocycles. The number of rotatable bonds is 8. The van der Waals surface area contributed by atoms with Gasteiger partial charge in [-0.1, -0.05) is 0 Å². The van der Waals surface area contributed by atoms with Gasteiger partial charge in [0.2, 0.25) is 11.8 Å². The summed E-state index contributed by atoms with van der Waals surface area (Å²) in [5.74, 6) is -6.53. The number of nitrogens with zero attached hydrogens (tertiary/aromatic N) is 6. The van der Waals surface area contributed by atoms with E-state index < -0.39 is 48.3 Å². The maximum atomic E-state index is 14.2. The van der Waals surface area contributed by atoms with Gasteiger partial charge in [-0.3, -0.25) is 14.3 Å². The van der Waals surface area contributed by atoms with Crippen LogP contribution in [0.1, 0.15) is 104 Å². The van der Waals surface area contributed by atoms with E-state index in [1.807, 2.05) is 13.8 Å². The fraction of sp³-hybridized carbons (Fsp3) is 0.677. The Labute approximate surface area is 268 Å². The number of alkyl halides is 5.